The Morgan fingerprint density at radius 3 is 2.33 bits per heavy atom. The minimum Gasteiger partial charge on any atom is -0.497 e. The van der Waals surface area contributed by atoms with Gasteiger partial charge < -0.3 is 19.3 Å². The van der Waals surface area contributed by atoms with Gasteiger partial charge in [0.2, 0.25) is 0 Å². The number of carbonyl (C=O) groups is 2. The summed E-state index contributed by atoms with van der Waals surface area (Å²) in [4.78, 5) is 25.3. The number of allylic oxidation sites excluding steroid dienone is 2. The third kappa shape index (κ3) is 2.94. The minimum absolute atomic E-state index is 0.0787. The van der Waals surface area contributed by atoms with Crippen LogP contribution in [0.1, 0.15) is 36.5 Å². The number of aliphatic hydroxyl groups is 1. The number of methoxy groups -OCH3 is 3. The van der Waals surface area contributed by atoms with Gasteiger partial charge in [-0.3, -0.25) is 9.59 Å². The molecule has 0 unspecified atom stereocenters. The minimum atomic E-state index is -1.49. The molecule has 2 aliphatic carbocycles. The maximum atomic E-state index is 12.7. The third-order valence-electron chi connectivity index (χ3n) is 5.66. The zero-order valence-corrected chi connectivity index (χ0v) is 15.8. The molecule has 1 aromatic carbocycles. The van der Waals surface area contributed by atoms with Crippen LogP contribution in [0.25, 0.3) is 5.57 Å². The van der Waals surface area contributed by atoms with Gasteiger partial charge in [0.05, 0.1) is 27.4 Å². The van der Waals surface area contributed by atoms with Crippen LogP contribution < -0.4 is 0 Å². The van der Waals surface area contributed by atoms with Crippen LogP contribution in [0.4, 0.5) is 0 Å². The summed E-state index contributed by atoms with van der Waals surface area (Å²) >= 11 is 0. The average Bonchev–Trinajstić information content (AvgIpc) is 2.70. The van der Waals surface area contributed by atoms with Gasteiger partial charge in [-0.2, -0.15) is 0 Å². The van der Waals surface area contributed by atoms with Gasteiger partial charge in [0.1, 0.15) is 5.76 Å². The van der Waals surface area contributed by atoms with Crippen molar-refractivity contribution in [1.82, 2.24) is 0 Å². The molecular formula is C21H24O6. The molecule has 6 nitrogen and oxygen atoms in total. The van der Waals surface area contributed by atoms with Gasteiger partial charge in [-0.25, -0.2) is 0 Å². The SMILES string of the molecule is C=C(OC)C1=C2c3ccccc3[C@@H](O)C[C@H]2CC(C(=O)OC)(C(=O)OC)C1. The highest BCUT2D eigenvalue weighted by molar-refractivity contribution is 6.02. The number of esters is 2. The standard InChI is InChI=1S/C21H24O6/c1-12(25-2)16-11-21(19(23)26-3,20(24)27-4)10-13-9-17(22)14-7-5-6-8-15(14)18(13)16/h5-8,13,17,22H,1,9-11H2,2-4H3/t13-,17-/m0/s1. The van der Waals surface area contributed by atoms with E-state index in [1.54, 1.807) is 0 Å². The number of ether oxygens (including phenoxy) is 3. The molecular weight excluding hydrogens is 348 g/mol. The van der Waals surface area contributed by atoms with E-state index in [1.807, 2.05) is 24.3 Å². The Kier molecular flexibility index (Phi) is 5.11. The predicted molar refractivity (Wildman–Crippen MR) is 98.3 cm³/mol. The normalized spacial score (nSPS) is 23.0. The fourth-order valence-electron chi connectivity index (χ4n) is 4.41. The highest BCUT2D eigenvalue weighted by Gasteiger charge is 2.55. The summed E-state index contributed by atoms with van der Waals surface area (Å²) in [5.74, 6) is -1.15. The van der Waals surface area contributed by atoms with Gasteiger partial charge in [0.15, 0.2) is 5.41 Å². The van der Waals surface area contributed by atoms with Crippen LogP contribution in [0.2, 0.25) is 0 Å². The summed E-state index contributed by atoms with van der Waals surface area (Å²) in [6.07, 6.45) is -0.0103. The van der Waals surface area contributed by atoms with Crippen LogP contribution in [-0.4, -0.2) is 38.4 Å². The summed E-state index contributed by atoms with van der Waals surface area (Å²) in [5.41, 5.74) is 1.89. The first-order valence-corrected chi connectivity index (χ1v) is 8.80. The van der Waals surface area contributed by atoms with Crippen LogP contribution in [0.15, 0.2) is 42.2 Å². The number of benzene rings is 1. The zero-order valence-electron chi connectivity index (χ0n) is 15.8. The summed E-state index contributed by atoms with van der Waals surface area (Å²) in [7, 11) is 4.01. The van der Waals surface area contributed by atoms with Gasteiger partial charge in [0.25, 0.3) is 0 Å². The Balaban J connectivity index is 2.25. The van der Waals surface area contributed by atoms with E-state index >= 15 is 0 Å². The largest absolute Gasteiger partial charge is 0.497 e. The van der Waals surface area contributed by atoms with Crippen LogP contribution in [0, 0.1) is 11.3 Å². The lowest BCUT2D eigenvalue weighted by Gasteiger charge is -2.43. The maximum absolute atomic E-state index is 12.7. The second-order valence-electron chi connectivity index (χ2n) is 7.00. The van der Waals surface area contributed by atoms with Crippen LogP contribution in [0.3, 0.4) is 0 Å². The highest BCUT2D eigenvalue weighted by Crippen LogP contribution is 2.55. The summed E-state index contributed by atoms with van der Waals surface area (Å²) in [5, 5.41) is 10.6. The molecule has 0 bridgehead atoms. The molecule has 0 fully saturated rings. The molecule has 1 aromatic rings. The fourth-order valence-corrected chi connectivity index (χ4v) is 4.41. The first-order valence-electron chi connectivity index (χ1n) is 8.80. The van der Waals surface area contributed by atoms with E-state index in [2.05, 4.69) is 6.58 Å². The lowest BCUT2D eigenvalue weighted by molar-refractivity contribution is -0.171. The Bertz CT molecular complexity index is 806. The number of hydrogen-bond donors (Lipinski definition) is 1. The van der Waals surface area contributed by atoms with Crippen molar-refractivity contribution in [2.45, 2.75) is 25.4 Å². The molecule has 0 aliphatic heterocycles. The lowest BCUT2D eigenvalue weighted by atomic mass is 9.61. The van der Waals surface area contributed by atoms with E-state index in [0.29, 0.717) is 17.8 Å². The van der Waals surface area contributed by atoms with Gasteiger partial charge in [0, 0.05) is 6.42 Å². The van der Waals surface area contributed by atoms with E-state index in [9.17, 15) is 14.7 Å². The predicted octanol–water partition coefficient (Wildman–Crippen LogP) is 2.78. The zero-order chi connectivity index (χ0) is 19.8. The molecule has 1 N–H and O–H groups in total. The highest BCUT2D eigenvalue weighted by atomic mass is 16.5. The monoisotopic (exact) mass is 372 g/mol. The number of rotatable bonds is 4. The molecule has 6 heteroatoms. The van der Waals surface area contributed by atoms with E-state index in [4.69, 9.17) is 14.2 Å². The molecule has 2 atom stereocenters. The summed E-state index contributed by atoms with van der Waals surface area (Å²) in [6, 6.07) is 7.60. The van der Waals surface area contributed by atoms with Crippen molar-refractivity contribution in [2.24, 2.45) is 11.3 Å². The van der Waals surface area contributed by atoms with Crippen molar-refractivity contribution in [3.63, 3.8) is 0 Å². The number of aliphatic hydroxyl groups excluding tert-OH is 1. The van der Waals surface area contributed by atoms with Crippen molar-refractivity contribution < 1.29 is 28.9 Å². The first-order chi connectivity index (χ1) is 12.9. The second kappa shape index (κ2) is 7.19. The quantitative estimate of drug-likeness (QED) is 0.497. The first kappa shape index (κ1) is 19.2. The maximum Gasteiger partial charge on any atom is 0.323 e. The van der Waals surface area contributed by atoms with Crippen LogP contribution >= 0.6 is 0 Å². The van der Waals surface area contributed by atoms with E-state index in [-0.39, 0.29) is 18.8 Å². The van der Waals surface area contributed by atoms with E-state index < -0.39 is 23.5 Å². The van der Waals surface area contributed by atoms with E-state index in [1.165, 1.54) is 21.3 Å². The van der Waals surface area contributed by atoms with Crippen LogP contribution in [-0.2, 0) is 23.8 Å². The number of carbonyl (C=O) groups excluding carboxylic acids is 2. The van der Waals surface area contributed by atoms with E-state index in [0.717, 1.165) is 16.7 Å². The van der Waals surface area contributed by atoms with Crippen molar-refractivity contribution >= 4 is 17.5 Å². The van der Waals surface area contributed by atoms with Crippen molar-refractivity contribution in [1.29, 1.82) is 0 Å². The molecule has 27 heavy (non-hydrogen) atoms. The molecule has 3 rings (SSSR count). The Morgan fingerprint density at radius 2 is 1.74 bits per heavy atom. The van der Waals surface area contributed by atoms with Crippen LogP contribution in [0.5, 0.6) is 0 Å². The lowest BCUT2D eigenvalue weighted by Crippen LogP contribution is -2.46. The molecule has 2 aliphatic rings. The topological polar surface area (TPSA) is 82.1 Å². The summed E-state index contributed by atoms with van der Waals surface area (Å²) < 4.78 is 15.3. The molecule has 0 spiro atoms. The second-order valence-corrected chi connectivity index (χ2v) is 7.00. The Hall–Kier alpha value is -2.60. The molecule has 0 heterocycles. The van der Waals surface area contributed by atoms with Crippen molar-refractivity contribution in [2.75, 3.05) is 21.3 Å². The molecule has 0 saturated carbocycles. The number of fused-ring (bicyclic) bond motifs is 3. The fraction of sp³-hybridized carbons (Fsp3) is 0.429. The average molecular weight is 372 g/mol. The molecule has 0 aromatic heterocycles. The van der Waals surface area contributed by atoms with Gasteiger partial charge in [-0.1, -0.05) is 30.8 Å². The van der Waals surface area contributed by atoms with Gasteiger partial charge >= 0.3 is 11.9 Å². The van der Waals surface area contributed by atoms with Crippen molar-refractivity contribution in [3.8, 4) is 0 Å². The van der Waals surface area contributed by atoms with Gasteiger partial charge in [-0.05, 0) is 41.0 Å². The summed E-state index contributed by atoms with van der Waals surface area (Å²) in [6.45, 7) is 3.97. The third-order valence-corrected chi connectivity index (χ3v) is 5.66. The van der Waals surface area contributed by atoms with Gasteiger partial charge in [-0.15, -0.1) is 0 Å². The molecule has 0 saturated heterocycles. The molecule has 0 amide bonds. The number of hydrogen-bond acceptors (Lipinski definition) is 6. The molecule has 0 radical (unpaired) electrons. The Morgan fingerprint density at radius 1 is 1.11 bits per heavy atom. The smallest absolute Gasteiger partial charge is 0.323 e. The Labute approximate surface area is 158 Å². The van der Waals surface area contributed by atoms with Crippen molar-refractivity contribution in [3.05, 3.63) is 53.3 Å². The molecule has 144 valence electrons.